The number of anilines is 1. The van der Waals surface area contributed by atoms with Crippen LogP contribution in [0.15, 0.2) is 83.8 Å². The summed E-state index contributed by atoms with van der Waals surface area (Å²) in [4.78, 5) is 9.06. The number of aromatic nitrogens is 2. The van der Waals surface area contributed by atoms with E-state index in [-0.39, 0.29) is 29.8 Å². The first-order valence-corrected chi connectivity index (χ1v) is 11.2. The third-order valence-electron chi connectivity index (χ3n) is 4.49. The van der Waals surface area contributed by atoms with Gasteiger partial charge in [-0.15, -0.1) is 0 Å². The molecule has 158 valence electrons. The first-order valence-electron chi connectivity index (χ1n) is 9.69. The monoisotopic (exact) mass is 435 g/mol. The summed E-state index contributed by atoms with van der Waals surface area (Å²) in [5.74, 6) is 0.838. The maximum Gasteiger partial charge on any atom is 0.263 e. The quantitative estimate of drug-likeness (QED) is 0.417. The van der Waals surface area contributed by atoms with Crippen molar-refractivity contribution in [2.45, 2.75) is 11.8 Å². The van der Waals surface area contributed by atoms with Gasteiger partial charge < -0.3 is 9.47 Å². The number of rotatable bonds is 8. The fourth-order valence-corrected chi connectivity index (χ4v) is 4.25. The van der Waals surface area contributed by atoms with E-state index in [0.29, 0.717) is 16.6 Å². The normalized spacial score (nSPS) is 11.3. The highest BCUT2D eigenvalue weighted by Gasteiger charge is 2.21. The van der Waals surface area contributed by atoms with E-state index in [1.165, 1.54) is 0 Å². The molecule has 4 rings (SSSR count). The summed E-state index contributed by atoms with van der Waals surface area (Å²) in [6.07, 6.45) is 0. The average molecular weight is 436 g/mol. The predicted molar refractivity (Wildman–Crippen MR) is 119 cm³/mol. The highest BCUT2D eigenvalue weighted by atomic mass is 32.2. The van der Waals surface area contributed by atoms with Crippen molar-refractivity contribution >= 4 is 26.9 Å². The zero-order valence-electron chi connectivity index (χ0n) is 16.9. The van der Waals surface area contributed by atoms with Gasteiger partial charge in [-0.25, -0.2) is 18.4 Å². The summed E-state index contributed by atoms with van der Waals surface area (Å²) in [6, 6.07) is 23.3. The summed E-state index contributed by atoms with van der Waals surface area (Å²) in [7, 11) is -3.87. The molecule has 0 aliphatic heterocycles. The first-order chi connectivity index (χ1) is 15.0. The SMILES string of the molecule is Cc1ccccc1S(=O)(=O)Nc1nc2ccccc2nc1OCCOc1ccccc1. The van der Waals surface area contributed by atoms with Crippen molar-refractivity contribution in [3.05, 3.63) is 84.4 Å². The van der Waals surface area contributed by atoms with Crippen LogP contribution in [0.2, 0.25) is 0 Å². The molecule has 0 saturated carbocycles. The van der Waals surface area contributed by atoms with Gasteiger partial charge >= 0.3 is 0 Å². The summed E-state index contributed by atoms with van der Waals surface area (Å²) >= 11 is 0. The summed E-state index contributed by atoms with van der Waals surface area (Å²) in [5.41, 5.74) is 1.78. The molecule has 4 aromatic rings. The molecule has 0 bridgehead atoms. The zero-order chi connectivity index (χ0) is 21.7. The van der Waals surface area contributed by atoms with Crippen LogP contribution in [0.4, 0.5) is 5.82 Å². The Labute approximate surface area is 180 Å². The number of hydrogen-bond donors (Lipinski definition) is 1. The summed E-state index contributed by atoms with van der Waals surface area (Å²) in [6.45, 7) is 2.17. The van der Waals surface area contributed by atoms with E-state index in [0.717, 1.165) is 5.75 Å². The van der Waals surface area contributed by atoms with Gasteiger partial charge in [0.2, 0.25) is 5.82 Å². The molecule has 31 heavy (non-hydrogen) atoms. The van der Waals surface area contributed by atoms with Crippen molar-refractivity contribution in [1.29, 1.82) is 0 Å². The molecule has 1 N–H and O–H groups in total. The number of hydrogen-bond acceptors (Lipinski definition) is 6. The van der Waals surface area contributed by atoms with Crippen molar-refractivity contribution in [2.75, 3.05) is 17.9 Å². The van der Waals surface area contributed by atoms with Gasteiger partial charge in [0.15, 0.2) is 0 Å². The Morgan fingerprint density at radius 2 is 1.39 bits per heavy atom. The van der Waals surface area contributed by atoms with E-state index in [4.69, 9.17) is 9.47 Å². The lowest BCUT2D eigenvalue weighted by atomic mass is 10.2. The lowest BCUT2D eigenvalue weighted by molar-refractivity contribution is 0.213. The van der Waals surface area contributed by atoms with Crippen LogP contribution in [0, 0.1) is 6.92 Å². The number of benzene rings is 3. The van der Waals surface area contributed by atoms with Gasteiger partial charge in [-0.2, -0.15) is 0 Å². The zero-order valence-corrected chi connectivity index (χ0v) is 17.7. The van der Waals surface area contributed by atoms with Crippen LogP contribution >= 0.6 is 0 Å². The molecule has 0 radical (unpaired) electrons. The van der Waals surface area contributed by atoms with Crippen LogP contribution in [0.1, 0.15) is 5.56 Å². The number of para-hydroxylation sites is 3. The van der Waals surface area contributed by atoms with E-state index in [1.807, 2.05) is 42.5 Å². The molecule has 0 aliphatic rings. The minimum atomic E-state index is -3.87. The van der Waals surface area contributed by atoms with Gasteiger partial charge in [0, 0.05) is 0 Å². The van der Waals surface area contributed by atoms with Crippen molar-refractivity contribution in [3.63, 3.8) is 0 Å². The molecule has 0 aliphatic carbocycles. The Morgan fingerprint density at radius 1 is 0.774 bits per heavy atom. The molecule has 0 amide bonds. The molecule has 1 aromatic heterocycles. The van der Waals surface area contributed by atoms with E-state index < -0.39 is 10.0 Å². The Hall–Kier alpha value is -3.65. The summed E-state index contributed by atoms with van der Waals surface area (Å²) < 4.78 is 39.8. The molecule has 7 nitrogen and oxygen atoms in total. The van der Waals surface area contributed by atoms with Crippen molar-refractivity contribution in [1.82, 2.24) is 9.97 Å². The van der Waals surface area contributed by atoms with Crippen LogP contribution in [0.25, 0.3) is 11.0 Å². The first kappa shape index (κ1) is 20.6. The predicted octanol–water partition coefficient (Wildman–Crippen LogP) is 4.20. The molecular weight excluding hydrogens is 414 g/mol. The summed E-state index contributed by atoms with van der Waals surface area (Å²) in [5, 5.41) is 0. The number of ether oxygens (including phenoxy) is 2. The van der Waals surface area contributed by atoms with E-state index in [1.54, 1.807) is 43.3 Å². The Bertz CT molecular complexity index is 1290. The largest absolute Gasteiger partial charge is 0.490 e. The van der Waals surface area contributed by atoms with Gasteiger partial charge in [-0.3, -0.25) is 4.72 Å². The van der Waals surface area contributed by atoms with Crippen LogP contribution < -0.4 is 14.2 Å². The molecule has 1 heterocycles. The van der Waals surface area contributed by atoms with E-state index in [2.05, 4.69) is 14.7 Å². The Morgan fingerprint density at radius 3 is 2.13 bits per heavy atom. The van der Waals surface area contributed by atoms with Crippen LogP contribution in [-0.4, -0.2) is 31.6 Å². The molecule has 0 atom stereocenters. The van der Waals surface area contributed by atoms with Crippen LogP contribution in [0.3, 0.4) is 0 Å². The molecular formula is C23H21N3O4S. The topological polar surface area (TPSA) is 90.4 Å². The third-order valence-corrected chi connectivity index (χ3v) is 5.99. The van der Waals surface area contributed by atoms with Crippen molar-refractivity contribution < 1.29 is 17.9 Å². The molecule has 0 fully saturated rings. The van der Waals surface area contributed by atoms with Gasteiger partial charge in [-0.1, -0.05) is 48.5 Å². The molecule has 8 heteroatoms. The fourth-order valence-electron chi connectivity index (χ4n) is 3.01. The smallest absolute Gasteiger partial charge is 0.263 e. The maximum absolute atomic E-state index is 13.0. The molecule has 0 spiro atoms. The van der Waals surface area contributed by atoms with Crippen molar-refractivity contribution in [2.24, 2.45) is 0 Å². The van der Waals surface area contributed by atoms with Gasteiger partial charge in [0.25, 0.3) is 15.9 Å². The van der Waals surface area contributed by atoms with E-state index >= 15 is 0 Å². The Kier molecular flexibility index (Phi) is 5.99. The highest BCUT2D eigenvalue weighted by Crippen LogP contribution is 2.27. The molecule has 0 unspecified atom stereocenters. The highest BCUT2D eigenvalue weighted by molar-refractivity contribution is 7.92. The number of nitrogens with zero attached hydrogens (tertiary/aromatic N) is 2. The lowest BCUT2D eigenvalue weighted by Crippen LogP contribution is -2.18. The van der Waals surface area contributed by atoms with Gasteiger partial charge in [0.05, 0.1) is 15.9 Å². The second kappa shape index (κ2) is 9.01. The number of fused-ring (bicyclic) bond motifs is 1. The maximum atomic E-state index is 13.0. The number of aryl methyl sites for hydroxylation is 1. The minimum absolute atomic E-state index is 0.0293. The molecule has 0 saturated heterocycles. The van der Waals surface area contributed by atoms with E-state index in [9.17, 15) is 8.42 Å². The second-order valence-electron chi connectivity index (χ2n) is 6.75. The molecule has 3 aromatic carbocycles. The fraction of sp³-hybridized carbons (Fsp3) is 0.130. The lowest BCUT2D eigenvalue weighted by Gasteiger charge is -2.14. The van der Waals surface area contributed by atoms with Crippen LogP contribution in [0.5, 0.6) is 11.6 Å². The van der Waals surface area contributed by atoms with Crippen LogP contribution in [-0.2, 0) is 10.0 Å². The average Bonchev–Trinajstić information content (AvgIpc) is 2.77. The number of nitrogens with one attached hydrogen (secondary N) is 1. The third kappa shape index (κ3) is 4.92. The number of sulfonamides is 1. The van der Waals surface area contributed by atoms with Crippen molar-refractivity contribution in [3.8, 4) is 11.6 Å². The second-order valence-corrected chi connectivity index (χ2v) is 8.40. The van der Waals surface area contributed by atoms with Gasteiger partial charge in [-0.05, 0) is 42.8 Å². The Balaban J connectivity index is 1.58. The van der Waals surface area contributed by atoms with Gasteiger partial charge in [0.1, 0.15) is 19.0 Å². The standard InChI is InChI=1S/C23H21N3O4S/c1-17-9-5-8-14-21(17)31(27,28)26-22-23(25-20-13-7-6-12-19(20)24-22)30-16-15-29-18-10-3-2-4-11-18/h2-14H,15-16H2,1H3,(H,24,26). The minimum Gasteiger partial charge on any atom is -0.490 e.